The molecule has 0 aliphatic heterocycles. The van der Waals surface area contributed by atoms with Crippen LogP contribution in [0.1, 0.15) is 10.4 Å². The number of amidine groups is 1. The van der Waals surface area contributed by atoms with Crippen LogP contribution in [0.4, 0.5) is 11.4 Å². The molecule has 7 nitrogen and oxygen atoms in total. The average Bonchev–Trinajstić information content (AvgIpc) is 2.57. The van der Waals surface area contributed by atoms with E-state index in [1.165, 1.54) is 0 Å². The molecule has 2 aromatic rings. The van der Waals surface area contributed by atoms with Crippen LogP contribution in [0.15, 0.2) is 53.6 Å². The Kier molecular flexibility index (Phi) is 5.49. The fraction of sp³-hybridized carbons (Fsp3) is 0. The quantitative estimate of drug-likeness (QED) is 0.379. The van der Waals surface area contributed by atoms with E-state index in [4.69, 9.17) is 28.0 Å². The number of nitrogens with zero attached hydrogens (tertiary/aromatic N) is 2. The summed E-state index contributed by atoms with van der Waals surface area (Å²) in [7, 11) is 0. The normalized spacial score (nSPS) is 10.6. The van der Waals surface area contributed by atoms with Gasteiger partial charge in [0.05, 0.1) is 5.69 Å². The summed E-state index contributed by atoms with van der Waals surface area (Å²) >= 11 is 5.79. The maximum absolute atomic E-state index is 12.1. The predicted octanol–water partition coefficient (Wildman–Crippen LogP) is 2.82. The number of hydrogen-bond acceptors (Lipinski definition) is 5. The van der Waals surface area contributed by atoms with E-state index in [-0.39, 0.29) is 11.6 Å². The molecular weight excluding hydrogens is 328 g/mol. The van der Waals surface area contributed by atoms with Gasteiger partial charge < -0.3 is 11.1 Å². The number of carbonyl (C=O) groups is 1. The number of carbonyl (C=O) groups excluding carboxylic acids is 1. The van der Waals surface area contributed by atoms with Crippen LogP contribution in [-0.4, -0.2) is 17.5 Å². The molecule has 0 atom stereocenters. The predicted molar refractivity (Wildman–Crippen MR) is 94.4 cm³/mol. The standard InChI is InChI=1S/C16H13ClN6O/c17-11-3-7-12(8-4-11)21-16(24)10-1-5-13(6-2-10)22-23-14(9-18)15(19)20/h1-8,22H,(H3,19,20)(H,21,24)/b23-14+. The molecule has 120 valence electrons. The SMILES string of the molecule is N#C/C(=N\Nc1ccc(C(=O)Nc2ccc(Cl)cc2)cc1)C(=N)N. The molecule has 24 heavy (non-hydrogen) atoms. The van der Waals surface area contributed by atoms with Crippen molar-refractivity contribution >= 4 is 40.4 Å². The summed E-state index contributed by atoms with van der Waals surface area (Å²) < 4.78 is 0. The smallest absolute Gasteiger partial charge is 0.255 e. The van der Waals surface area contributed by atoms with Crippen molar-refractivity contribution in [3.8, 4) is 6.07 Å². The van der Waals surface area contributed by atoms with Gasteiger partial charge in [-0.1, -0.05) is 11.6 Å². The van der Waals surface area contributed by atoms with Crippen molar-refractivity contribution in [3.05, 3.63) is 59.1 Å². The van der Waals surface area contributed by atoms with Gasteiger partial charge in [0.15, 0.2) is 5.84 Å². The van der Waals surface area contributed by atoms with Crippen LogP contribution in [0, 0.1) is 16.7 Å². The second kappa shape index (κ2) is 7.76. The van der Waals surface area contributed by atoms with Crippen molar-refractivity contribution in [1.29, 1.82) is 10.7 Å². The zero-order valence-corrected chi connectivity index (χ0v) is 13.1. The topological polar surface area (TPSA) is 127 Å². The van der Waals surface area contributed by atoms with Crippen LogP contribution in [0.5, 0.6) is 0 Å². The lowest BCUT2D eigenvalue weighted by atomic mass is 10.2. The van der Waals surface area contributed by atoms with Crippen molar-refractivity contribution in [1.82, 2.24) is 0 Å². The molecule has 0 aromatic heterocycles. The van der Waals surface area contributed by atoms with Crippen molar-refractivity contribution in [2.75, 3.05) is 10.7 Å². The lowest BCUT2D eigenvalue weighted by molar-refractivity contribution is 0.102. The van der Waals surface area contributed by atoms with E-state index in [0.29, 0.717) is 22.0 Å². The van der Waals surface area contributed by atoms with Crippen LogP contribution >= 0.6 is 11.6 Å². The third-order valence-corrected chi connectivity index (χ3v) is 3.16. The average molecular weight is 341 g/mol. The van der Waals surface area contributed by atoms with Crippen molar-refractivity contribution < 1.29 is 4.79 Å². The molecule has 5 N–H and O–H groups in total. The zero-order valence-electron chi connectivity index (χ0n) is 12.4. The van der Waals surface area contributed by atoms with Gasteiger partial charge in [0, 0.05) is 16.3 Å². The highest BCUT2D eigenvalue weighted by Gasteiger charge is 2.06. The Morgan fingerprint density at radius 2 is 1.71 bits per heavy atom. The van der Waals surface area contributed by atoms with Crippen molar-refractivity contribution in [3.63, 3.8) is 0 Å². The molecule has 0 aliphatic rings. The Bertz CT molecular complexity index is 821. The van der Waals surface area contributed by atoms with E-state index in [0.717, 1.165) is 0 Å². The number of rotatable bonds is 5. The number of hydrazone groups is 1. The van der Waals surface area contributed by atoms with Crippen LogP contribution in [0.2, 0.25) is 5.02 Å². The summed E-state index contributed by atoms with van der Waals surface area (Å²) in [6.07, 6.45) is 0. The number of nitrogens with two attached hydrogens (primary N) is 1. The second-order valence-electron chi connectivity index (χ2n) is 4.64. The van der Waals surface area contributed by atoms with Gasteiger partial charge in [0.1, 0.15) is 6.07 Å². The molecule has 0 saturated heterocycles. The Morgan fingerprint density at radius 1 is 1.12 bits per heavy atom. The first-order valence-electron chi connectivity index (χ1n) is 6.75. The van der Waals surface area contributed by atoms with Gasteiger partial charge in [-0.15, -0.1) is 0 Å². The molecule has 0 heterocycles. The number of anilines is 2. The molecule has 0 bridgehead atoms. The minimum atomic E-state index is -0.427. The minimum Gasteiger partial charge on any atom is -0.382 e. The van der Waals surface area contributed by atoms with Gasteiger partial charge >= 0.3 is 0 Å². The van der Waals surface area contributed by atoms with Gasteiger partial charge in [-0.25, -0.2) is 0 Å². The van der Waals surface area contributed by atoms with Gasteiger partial charge in [-0.2, -0.15) is 10.4 Å². The number of halogens is 1. The fourth-order valence-electron chi connectivity index (χ4n) is 1.70. The zero-order chi connectivity index (χ0) is 17.5. The number of hydrogen-bond donors (Lipinski definition) is 4. The van der Waals surface area contributed by atoms with E-state index in [1.54, 1.807) is 54.6 Å². The van der Waals surface area contributed by atoms with Crippen LogP contribution < -0.4 is 16.5 Å². The number of amides is 1. The summed E-state index contributed by atoms with van der Waals surface area (Å²) in [6, 6.07) is 14.9. The first-order chi connectivity index (χ1) is 11.5. The summed E-state index contributed by atoms with van der Waals surface area (Å²) in [6.45, 7) is 0. The molecule has 2 rings (SSSR count). The molecule has 0 spiro atoms. The first kappa shape index (κ1) is 17.0. The van der Waals surface area contributed by atoms with E-state index in [1.807, 2.05) is 0 Å². The third kappa shape index (κ3) is 4.56. The monoisotopic (exact) mass is 340 g/mol. The van der Waals surface area contributed by atoms with Gasteiger partial charge in [0.2, 0.25) is 5.71 Å². The van der Waals surface area contributed by atoms with Gasteiger partial charge in [0.25, 0.3) is 5.91 Å². The van der Waals surface area contributed by atoms with E-state index in [9.17, 15) is 4.79 Å². The third-order valence-electron chi connectivity index (χ3n) is 2.91. The second-order valence-corrected chi connectivity index (χ2v) is 5.07. The number of nitriles is 1. The highest BCUT2D eigenvalue weighted by Crippen LogP contribution is 2.15. The molecule has 2 aromatic carbocycles. The Hall–Kier alpha value is -3.37. The Labute approximate surface area is 143 Å². The molecule has 0 fully saturated rings. The maximum atomic E-state index is 12.1. The summed E-state index contributed by atoms with van der Waals surface area (Å²) in [5.74, 6) is -0.696. The summed E-state index contributed by atoms with van der Waals surface area (Å²) in [5.41, 5.74) is 9.20. The van der Waals surface area contributed by atoms with Crippen LogP contribution in [0.3, 0.4) is 0 Å². The van der Waals surface area contributed by atoms with Gasteiger partial charge in [-0.3, -0.25) is 15.6 Å². The lowest BCUT2D eigenvalue weighted by Crippen LogP contribution is -2.21. The van der Waals surface area contributed by atoms with Crippen LogP contribution in [0.25, 0.3) is 0 Å². The van der Waals surface area contributed by atoms with E-state index >= 15 is 0 Å². The summed E-state index contributed by atoms with van der Waals surface area (Å²) in [5, 5.41) is 22.9. The summed E-state index contributed by atoms with van der Waals surface area (Å²) in [4.78, 5) is 12.1. The molecule has 0 aliphatic carbocycles. The number of benzene rings is 2. The molecule has 1 amide bonds. The molecule has 8 heteroatoms. The van der Waals surface area contributed by atoms with Gasteiger partial charge in [-0.05, 0) is 48.5 Å². The van der Waals surface area contributed by atoms with E-state index in [2.05, 4.69) is 15.8 Å². The van der Waals surface area contributed by atoms with Crippen molar-refractivity contribution in [2.24, 2.45) is 10.8 Å². The fourth-order valence-corrected chi connectivity index (χ4v) is 1.82. The number of nitrogens with one attached hydrogen (secondary N) is 3. The lowest BCUT2D eigenvalue weighted by Gasteiger charge is -2.06. The Morgan fingerprint density at radius 3 is 2.25 bits per heavy atom. The molecular formula is C16H13ClN6O. The molecule has 0 radical (unpaired) electrons. The first-order valence-corrected chi connectivity index (χ1v) is 7.12. The van der Waals surface area contributed by atoms with E-state index < -0.39 is 5.84 Å². The van der Waals surface area contributed by atoms with Crippen molar-refractivity contribution in [2.45, 2.75) is 0 Å². The highest BCUT2D eigenvalue weighted by molar-refractivity contribution is 6.45. The highest BCUT2D eigenvalue weighted by atomic mass is 35.5. The van der Waals surface area contributed by atoms with Crippen LogP contribution in [-0.2, 0) is 0 Å². The molecule has 0 saturated carbocycles. The Balaban J connectivity index is 2.03. The largest absolute Gasteiger partial charge is 0.382 e. The minimum absolute atomic E-state index is 0.223. The molecule has 0 unspecified atom stereocenters. The maximum Gasteiger partial charge on any atom is 0.255 e.